The van der Waals surface area contributed by atoms with E-state index >= 15 is 0 Å². The van der Waals surface area contributed by atoms with Crippen LogP contribution in [0, 0.1) is 6.92 Å². The van der Waals surface area contributed by atoms with Gasteiger partial charge in [0.15, 0.2) is 10.9 Å². The third-order valence-corrected chi connectivity index (χ3v) is 3.56. The van der Waals surface area contributed by atoms with Crippen LogP contribution in [0.15, 0.2) is 0 Å². The summed E-state index contributed by atoms with van der Waals surface area (Å²) in [7, 11) is 0. The molecule has 0 bridgehead atoms. The van der Waals surface area contributed by atoms with Gasteiger partial charge in [0, 0.05) is 13.5 Å². The topological polar surface area (TPSA) is 33.2 Å². The lowest BCUT2D eigenvalue weighted by molar-refractivity contribution is -0.119. The van der Waals surface area contributed by atoms with Crippen LogP contribution in [0.3, 0.4) is 0 Å². The summed E-state index contributed by atoms with van der Waals surface area (Å²) in [5.74, 6) is -0.167. The molecule has 0 fully saturated rings. The quantitative estimate of drug-likeness (QED) is 0.775. The van der Waals surface area contributed by atoms with Crippen LogP contribution in [-0.4, -0.2) is 30.0 Å². The van der Waals surface area contributed by atoms with E-state index in [1.165, 1.54) is 11.8 Å². The van der Waals surface area contributed by atoms with E-state index in [1.807, 2.05) is 0 Å². The molecular weight excluding hydrogens is 265 g/mol. The van der Waals surface area contributed by atoms with E-state index in [1.54, 1.807) is 13.8 Å². The number of aryl methyl sites for hydroxylation is 1. The van der Waals surface area contributed by atoms with E-state index in [0.717, 1.165) is 11.3 Å². The number of thiazole rings is 1. The van der Waals surface area contributed by atoms with Crippen LogP contribution in [0.1, 0.15) is 35.6 Å². The first kappa shape index (κ1) is 14.9. The number of hydrogen-bond donors (Lipinski definition) is 0. The standard InChI is InChI=1S/C11H15F3N2OS/c1-4-5-16(6-11(12,13)14)10-15-7(2)9(18-10)8(3)17/h4-6H2,1-3H3. The maximum atomic E-state index is 12.4. The molecule has 0 amide bonds. The molecule has 0 atom stereocenters. The monoisotopic (exact) mass is 280 g/mol. The number of halogens is 3. The molecule has 102 valence electrons. The first-order chi connectivity index (χ1) is 8.24. The lowest BCUT2D eigenvalue weighted by atomic mass is 10.3. The Morgan fingerprint density at radius 1 is 1.44 bits per heavy atom. The molecule has 0 aliphatic rings. The SMILES string of the molecule is CCCN(CC(F)(F)F)c1nc(C)c(C(C)=O)s1. The molecule has 0 spiro atoms. The number of anilines is 1. The summed E-state index contributed by atoms with van der Waals surface area (Å²) in [6.07, 6.45) is -3.69. The largest absolute Gasteiger partial charge is 0.406 e. The summed E-state index contributed by atoms with van der Waals surface area (Å²) in [4.78, 5) is 16.9. The predicted octanol–water partition coefficient (Wildman–Crippen LogP) is 3.43. The fourth-order valence-corrected chi connectivity index (χ4v) is 2.56. The number of nitrogens with zero attached hydrogens (tertiary/aromatic N) is 2. The maximum Gasteiger partial charge on any atom is 0.406 e. The van der Waals surface area contributed by atoms with Crippen molar-refractivity contribution in [3.05, 3.63) is 10.6 Å². The van der Waals surface area contributed by atoms with Gasteiger partial charge in [0.2, 0.25) is 0 Å². The van der Waals surface area contributed by atoms with Crippen molar-refractivity contribution in [2.75, 3.05) is 18.0 Å². The molecule has 0 aromatic carbocycles. The minimum absolute atomic E-state index is 0.167. The zero-order valence-corrected chi connectivity index (χ0v) is 11.3. The first-order valence-corrected chi connectivity index (χ1v) is 6.36. The lowest BCUT2D eigenvalue weighted by Gasteiger charge is -2.22. The second-order valence-corrected chi connectivity index (χ2v) is 4.98. The number of carbonyl (C=O) groups excluding carboxylic acids is 1. The summed E-state index contributed by atoms with van der Waals surface area (Å²) in [5.41, 5.74) is 0.491. The lowest BCUT2D eigenvalue weighted by Crippen LogP contribution is -2.34. The Morgan fingerprint density at radius 2 is 2.06 bits per heavy atom. The van der Waals surface area contributed by atoms with Crippen LogP contribution < -0.4 is 4.90 Å². The molecule has 0 unspecified atom stereocenters. The van der Waals surface area contributed by atoms with Crippen molar-refractivity contribution in [1.82, 2.24) is 4.98 Å². The molecule has 1 heterocycles. The van der Waals surface area contributed by atoms with Gasteiger partial charge in [-0.25, -0.2) is 4.98 Å². The Hall–Kier alpha value is -1.11. The maximum absolute atomic E-state index is 12.4. The average molecular weight is 280 g/mol. The zero-order valence-electron chi connectivity index (χ0n) is 10.5. The fourth-order valence-electron chi connectivity index (χ4n) is 1.57. The van der Waals surface area contributed by atoms with E-state index < -0.39 is 12.7 Å². The van der Waals surface area contributed by atoms with Crippen molar-refractivity contribution in [1.29, 1.82) is 0 Å². The minimum Gasteiger partial charge on any atom is -0.339 e. The molecular formula is C11H15F3N2OS. The minimum atomic E-state index is -4.27. The highest BCUT2D eigenvalue weighted by Gasteiger charge is 2.32. The van der Waals surface area contributed by atoms with Crippen LogP contribution in [0.25, 0.3) is 0 Å². The van der Waals surface area contributed by atoms with Gasteiger partial charge in [0.25, 0.3) is 0 Å². The highest BCUT2D eigenvalue weighted by Crippen LogP contribution is 2.29. The summed E-state index contributed by atoms with van der Waals surface area (Å²) >= 11 is 1.02. The predicted molar refractivity (Wildman–Crippen MR) is 65.4 cm³/mol. The molecule has 1 rings (SSSR count). The molecule has 0 saturated heterocycles. The van der Waals surface area contributed by atoms with Gasteiger partial charge < -0.3 is 4.90 Å². The summed E-state index contributed by atoms with van der Waals surface area (Å²) in [5, 5.41) is 0.261. The molecule has 0 radical (unpaired) electrons. The number of aromatic nitrogens is 1. The van der Waals surface area contributed by atoms with Gasteiger partial charge in [0.05, 0.1) is 10.6 Å². The van der Waals surface area contributed by atoms with Crippen LogP contribution in [-0.2, 0) is 0 Å². The van der Waals surface area contributed by atoms with Gasteiger partial charge in [0.1, 0.15) is 6.54 Å². The van der Waals surface area contributed by atoms with Gasteiger partial charge in [-0.05, 0) is 13.3 Å². The number of ketones is 1. The Bertz CT molecular complexity index is 428. The van der Waals surface area contributed by atoms with Crippen molar-refractivity contribution in [2.45, 2.75) is 33.4 Å². The Labute approximate surface area is 108 Å². The van der Waals surface area contributed by atoms with Crippen LogP contribution in [0.5, 0.6) is 0 Å². The molecule has 3 nitrogen and oxygen atoms in total. The van der Waals surface area contributed by atoms with Crippen LogP contribution in [0.4, 0.5) is 18.3 Å². The molecule has 0 aliphatic carbocycles. The normalized spacial score (nSPS) is 11.7. The third-order valence-electron chi connectivity index (χ3n) is 2.24. The van der Waals surface area contributed by atoms with Crippen LogP contribution >= 0.6 is 11.3 Å². The third kappa shape index (κ3) is 3.97. The first-order valence-electron chi connectivity index (χ1n) is 5.54. The molecule has 0 saturated carbocycles. The van der Waals surface area contributed by atoms with Gasteiger partial charge in [-0.3, -0.25) is 4.79 Å². The molecule has 1 aromatic heterocycles. The number of alkyl halides is 3. The fraction of sp³-hybridized carbons (Fsp3) is 0.636. The Morgan fingerprint density at radius 3 is 2.44 bits per heavy atom. The van der Waals surface area contributed by atoms with E-state index in [0.29, 0.717) is 17.0 Å². The van der Waals surface area contributed by atoms with Crippen LogP contribution in [0.2, 0.25) is 0 Å². The highest BCUT2D eigenvalue weighted by atomic mass is 32.1. The van der Waals surface area contributed by atoms with Crippen molar-refractivity contribution in [3.8, 4) is 0 Å². The Balaban J connectivity index is 2.99. The zero-order chi connectivity index (χ0) is 13.9. The summed E-state index contributed by atoms with van der Waals surface area (Å²) in [6, 6.07) is 0. The number of Topliss-reactive ketones (excluding diaryl/α,β-unsaturated/α-hetero) is 1. The van der Waals surface area contributed by atoms with E-state index in [4.69, 9.17) is 0 Å². The van der Waals surface area contributed by atoms with Gasteiger partial charge in [-0.2, -0.15) is 13.2 Å². The highest BCUT2D eigenvalue weighted by molar-refractivity contribution is 7.17. The van der Waals surface area contributed by atoms with Crippen molar-refractivity contribution >= 4 is 22.3 Å². The van der Waals surface area contributed by atoms with Crippen molar-refractivity contribution < 1.29 is 18.0 Å². The second-order valence-electron chi connectivity index (χ2n) is 4.00. The smallest absolute Gasteiger partial charge is 0.339 e. The average Bonchev–Trinajstić information content (AvgIpc) is 2.57. The van der Waals surface area contributed by atoms with E-state index in [9.17, 15) is 18.0 Å². The van der Waals surface area contributed by atoms with Gasteiger partial charge >= 0.3 is 6.18 Å². The van der Waals surface area contributed by atoms with Gasteiger partial charge in [-0.15, -0.1) is 0 Å². The molecule has 0 N–H and O–H groups in total. The number of rotatable bonds is 5. The van der Waals surface area contributed by atoms with Gasteiger partial charge in [-0.1, -0.05) is 18.3 Å². The second kappa shape index (κ2) is 5.69. The van der Waals surface area contributed by atoms with Crippen molar-refractivity contribution in [3.63, 3.8) is 0 Å². The molecule has 18 heavy (non-hydrogen) atoms. The molecule has 1 aromatic rings. The summed E-state index contributed by atoms with van der Waals surface area (Å²) < 4.78 is 37.3. The molecule has 0 aliphatic heterocycles. The Kier molecular flexibility index (Phi) is 4.72. The number of hydrogen-bond acceptors (Lipinski definition) is 4. The molecule has 7 heteroatoms. The summed E-state index contributed by atoms with van der Waals surface area (Å²) in [6.45, 7) is 4.05. The van der Waals surface area contributed by atoms with E-state index in [-0.39, 0.29) is 17.5 Å². The number of carbonyl (C=O) groups is 1. The van der Waals surface area contributed by atoms with E-state index in [2.05, 4.69) is 4.98 Å². The van der Waals surface area contributed by atoms with Crippen molar-refractivity contribution in [2.24, 2.45) is 0 Å².